The van der Waals surface area contributed by atoms with E-state index in [1.165, 1.54) is 0 Å². The van der Waals surface area contributed by atoms with E-state index in [2.05, 4.69) is 15.3 Å². The highest BCUT2D eigenvalue weighted by Crippen LogP contribution is 2.29. The number of phenols is 1. The minimum atomic E-state index is -0.176. The summed E-state index contributed by atoms with van der Waals surface area (Å²) in [7, 11) is 7.52. The molecule has 2 N–H and O–H groups in total. The van der Waals surface area contributed by atoms with E-state index in [1.807, 2.05) is 57.9 Å². The third kappa shape index (κ3) is 6.40. The first-order valence-electron chi connectivity index (χ1n) is 13.4. The highest BCUT2D eigenvalue weighted by Gasteiger charge is 2.20. The largest absolute Gasteiger partial charge is 0.508 e. The summed E-state index contributed by atoms with van der Waals surface area (Å²) in [5, 5.41) is 18.6. The number of pyridine rings is 2. The molecule has 0 radical (unpaired) electrons. The van der Waals surface area contributed by atoms with Gasteiger partial charge in [-0.1, -0.05) is 0 Å². The van der Waals surface area contributed by atoms with Crippen LogP contribution in [0, 0.1) is 13.8 Å². The fourth-order valence-electron chi connectivity index (χ4n) is 4.76. The van der Waals surface area contributed by atoms with Crippen LogP contribution in [0.3, 0.4) is 0 Å². The number of aryl methyl sites for hydroxylation is 2. The van der Waals surface area contributed by atoms with E-state index in [9.17, 15) is 9.90 Å². The van der Waals surface area contributed by atoms with Crippen LogP contribution < -0.4 is 5.32 Å². The molecule has 10 heteroatoms. The maximum Gasteiger partial charge on any atom is 0.254 e. The number of nitrogens with zero attached hydrogens (tertiary/aromatic N) is 6. The number of likely N-dealkylation sites (N-methyl/N-ethyl adjacent to an activating group) is 1. The van der Waals surface area contributed by atoms with Crippen molar-refractivity contribution >= 4 is 22.5 Å². The molecule has 0 saturated heterocycles. The predicted molar refractivity (Wildman–Crippen MR) is 158 cm³/mol. The standard InChI is InChI=1S/C30H39N7O3/c1-8-37-20(3)21(15-32-37)17-36(6)30(39)25-14-29(34-27-10-9-22(38)13-24(25)27)28-12-11-26(19(2)33-28)31-16-23(40-7)18-35(4)5/h9-15,23,31,38H,8,16-18H2,1-7H3. The molecule has 1 aromatic carbocycles. The second-order valence-corrected chi connectivity index (χ2v) is 10.3. The van der Waals surface area contributed by atoms with Gasteiger partial charge in [0.25, 0.3) is 5.91 Å². The molecule has 3 heterocycles. The number of hydrogen-bond acceptors (Lipinski definition) is 8. The number of carbonyl (C=O) groups is 1. The molecule has 1 amide bonds. The van der Waals surface area contributed by atoms with Gasteiger partial charge in [-0.3, -0.25) is 9.48 Å². The average Bonchev–Trinajstić information content (AvgIpc) is 3.28. The molecule has 1 atom stereocenters. The number of methoxy groups -OCH3 is 1. The Morgan fingerprint density at radius 2 is 1.88 bits per heavy atom. The van der Waals surface area contributed by atoms with Gasteiger partial charge < -0.3 is 25.0 Å². The average molecular weight is 546 g/mol. The number of amides is 1. The van der Waals surface area contributed by atoms with E-state index in [0.29, 0.717) is 40.9 Å². The van der Waals surface area contributed by atoms with E-state index >= 15 is 0 Å². The van der Waals surface area contributed by atoms with Crippen molar-refractivity contribution in [1.29, 1.82) is 0 Å². The summed E-state index contributed by atoms with van der Waals surface area (Å²) in [6.07, 6.45) is 1.85. The second-order valence-electron chi connectivity index (χ2n) is 10.3. The van der Waals surface area contributed by atoms with Crippen LogP contribution in [0.1, 0.15) is 34.2 Å². The smallest absolute Gasteiger partial charge is 0.254 e. The molecule has 0 fully saturated rings. The molecule has 0 bridgehead atoms. The van der Waals surface area contributed by atoms with Gasteiger partial charge >= 0.3 is 0 Å². The molecular weight excluding hydrogens is 506 g/mol. The number of hydrogen-bond donors (Lipinski definition) is 2. The molecule has 10 nitrogen and oxygen atoms in total. The van der Waals surface area contributed by atoms with E-state index in [-0.39, 0.29) is 17.8 Å². The summed E-state index contributed by atoms with van der Waals surface area (Å²) in [4.78, 5) is 27.1. The van der Waals surface area contributed by atoms with Gasteiger partial charge in [-0.25, -0.2) is 9.97 Å². The summed E-state index contributed by atoms with van der Waals surface area (Å²) in [5.74, 6) is -0.101. The molecular formula is C30H39N7O3. The van der Waals surface area contributed by atoms with Crippen LogP contribution in [0.4, 0.5) is 5.69 Å². The number of fused-ring (bicyclic) bond motifs is 1. The summed E-state index contributed by atoms with van der Waals surface area (Å²) < 4.78 is 7.49. The van der Waals surface area contributed by atoms with E-state index in [1.54, 1.807) is 43.3 Å². The van der Waals surface area contributed by atoms with Gasteiger partial charge in [-0.05, 0) is 71.3 Å². The normalized spacial score (nSPS) is 12.2. The molecule has 4 rings (SSSR count). The molecule has 0 spiro atoms. The Balaban J connectivity index is 1.64. The van der Waals surface area contributed by atoms with Crippen molar-refractivity contribution in [1.82, 2.24) is 29.5 Å². The van der Waals surface area contributed by atoms with Crippen LogP contribution in [0.15, 0.2) is 42.6 Å². The molecule has 0 aliphatic carbocycles. The van der Waals surface area contributed by atoms with Crippen LogP contribution in [-0.4, -0.2) is 88.0 Å². The van der Waals surface area contributed by atoms with Gasteiger partial charge in [-0.15, -0.1) is 0 Å². The third-order valence-corrected chi connectivity index (χ3v) is 7.05. The summed E-state index contributed by atoms with van der Waals surface area (Å²) in [6, 6.07) is 10.5. The van der Waals surface area contributed by atoms with E-state index in [4.69, 9.17) is 14.7 Å². The number of phenolic OH excluding ortho intramolecular Hbond substituents is 1. The van der Waals surface area contributed by atoms with E-state index < -0.39 is 0 Å². The molecule has 0 aliphatic rings. The number of benzene rings is 1. The number of carbonyl (C=O) groups excluding carboxylic acids is 1. The van der Waals surface area contributed by atoms with Crippen molar-refractivity contribution in [3.8, 4) is 17.1 Å². The first kappa shape index (κ1) is 29.0. The molecule has 212 valence electrons. The number of aromatic nitrogens is 4. The van der Waals surface area contributed by atoms with Crippen LogP contribution in [0.25, 0.3) is 22.3 Å². The lowest BCUT2D eigenvalue weighted by molar-refractivity contribution is 0.0786. The minimum absolute atomic E-state index is 0.0401. The number of aromatic hydroxyl groups is 1. The van der Waals surface area contributed by atoms with Crippen molar-refractivity contribution in [2.45, 2.75) is 40.0 Å². The molecule has 0 saturated carbocycles. The second kappa shape index (κ2) is 12.4. The van der Waals surface area contributed by atoms with Crippen LogP contribution in [0.2, 0.25) is 0 Å². The van der Waals surface area contributed by atoms with Gasteiger partial charge in [0.15, 0.2) is 0 Å². The zero-order valence-corrected chi connectivity index (χ0v) is 24.4. The van der Waals surface area contributed by atoms with Gasteiger partial charge in [-0.2, -0.15) is 5.10 Å². The Labute approximate surface area is 235 Å². The highest BCUT2D eigenvalue weighted by atomic mass is 16.5. The van der Waals surface area contributed by atoms with Crippen LogP contribution in [0.5, 0.6) is 5.75 Å². The lowest BCUT2D eigenvalue weighted by Gasteiger charge is -2.21. The summed E-state index contributed by atoms with van der Waals surface area (Å²) in [6.45, 7) is 8.62. The molecule has 0 aliphatic heterocycles. The summed E-state index contributed by atoms with van der Waals surface area (Å²) >= 11 is 0. The van der Waals surface area contributed by atoms with Crippen molar-refractivity contribution in [2.75, 3.05) is 46.7 Å². The van der Waals surface area contributed by atoms with E-state index in [0.717, 1.165) is 35.7 Å². The molecule has 1 unspecified atom stereocenters. The van der Waals surface area contributed by atoms with Crippen molar-refractivity contribution in [2.24, 2.45) is 0 Å². The fourth-order valence-corrected chi connectivity index (χ4v) is 4.76. The maximum absolute atomic E-state index is 13.8. The Bertz CT molecular complexity index is 1500. The Hall–Kier alpha value is -4.02. The topological polar surface area (TPSA) is 109 Å². The monoisotopic (exact) mass is 545 g/mol. The first-order chi connectivity index (χ1) is 19.1. The third-order valence-electron chi connectivity index (χ3n) is 7.05. The van der Waals surface area contributed by atoms with Gasteiger partial charge in [0, 0.05) is 57.0 Å². The molecule has 40 heavy (non-hydrogen) atoms. The zero-order valence-electron chi connectivity index (χ0n) is 24.4. The first-order valence-corrected chi connectivity index (χ1v) is 13.4. The van der Waals surface area contributed by atoms with Crippen molar-refractivity contribution in [3.05, 3.63) is 65.1 Å². The SMILES string of the molecule is CCn1ncc(CN(C)C(=O)c2cc(-c3ccc(NCC(CN(C)C)OC)c(C)n3)nc3ccc(O)cc23)c1C. The minimum Gasteiger partial charge on any atom is -0.508 e. The summed E-state index contributed by atoms with van der Waals surface area (Å²) in [5.41, 5.74) is 6.05. The van der Waals surface area contributed by atoms with Crippen molar-refractivity contribution < 1.29 is 14.6 Å². The fraction of sp³-hybridized carbons (Fsp3) is 0.400. The Morgan fingerprint density at radius 3 is 2.52 bits per heavy atom. The van der Waals surface area contributed by atoms with Gasteiger partial charge in [0.05, 0.1) is 46.2 Å². The quantitative estimate of drug-likeness (QED) is 0.290. The van der Waals surface area contributed by atoms with Gasteiger partial charge in [0.1, 0.15) is 5.75 Å². The van der Waals surface area contributed by atoms with Crippen LogP contribution >= 0.6 is 0 Å². The maximum atomic E-state index is 13.8. The van der Waals surface area contributed by atoms with Crippen LogP contribution in [-0.2, 0) is 17.8 Å². The lowest BCUT2D eigenvalue weighted by Crippen LogP contribution is -2.33. The Morgan fingerprint density at radius 1 is 1.10 bits per heavy atom. The van der Waals surface area contributed by atoms with Crippen molar-refractivity contribution in [3.63, 3.8) is 0 Å². The Kier molecular flexibility index (Phi) is 9.01. The number of nitrogens with one attached hydrogen (secondary N) is 1. The molecule has 3 aromatic heterocycles. The number of anilines is 1. The molecule has 4 aromatic rings. The zero-order chi connectivity index (χ0) is 29.0. The number of ether oxygens (including phenoxy) is 1. The predicted octanol–water partition coefficient (Wildman–Crippen LogP) is 4.10. The number of rotatable bonds is 11. The van der Waals surface area contributed by atoms with Gasteiger partial charge in [0.2, 0.25) is 0 Å². The lowest BCUT2D eigenvalue weighted by atomic mass is 10.0. The highest BCUT2D eigenvalue weighted by molar-refractivity contribution is 6.07.